The maximum absolute atomic E-state index is 13.1. The predicted molar refractivity (Wildman–Crippen MR) is 223 cm³/mol. The summed E-state index contributed by atoms with van der Waals surface area (Å²) < 4.78 is 36.7. The summed E-state index contributed by atoms with van der Waals surface area (Å²) in [7, 11) is 0. The van der Waals surface area contributed by atoms with E-state index in [-0.39, 0.29) is 46.2 Å². The summed E-state index contributed by atoms with van der Waals surface area (Å²) in [5.41, 5.74) is 0.113. The zero-order valence-electron chi connectivity index (χ0n) is 38.3. The van der Waals surface area contributed by atoms with Crippen molar-refractivity contribution < 1.29 is 79.2 Å². The number of hydrogen-bond acceptors (Lipinski definition) is 15. The Labute approximate surface area is 371 Å². The van der Waals surface area contributed by atoms with E-state index in [1.54, 1.807) is 0 Å². The van der Waals surface area contributed by atoms with Crippen LogP contribution in [0.2, 0.25) is 0 Å². The van der Waals surface area contributed by atoms with Crippen molar-refractivity contribution in [3.05, 3.63) is 11.6 Å². The fraction of sp³-hybridized carbons (Fsp3) is 0.936. The van der Waals surface area contributed by atoms with Gasteiger partial charge in [-0.3, -0.25) is 4.79 Å². The van der Waals surface area contributed by atoms with Gasteiger partial charge in [-0.2, -0.15) is 0 Å². The first-order valence-corrected chi connectivity index (χ1v) is 23.6. The molecule has 16 nitrogen and oxygen atoms in total. The van der Waals surface area contributed by atoms with Crippen molar-refractivity contribution in [1.82, 2.24) is 0 Å². The molecule has 360 valence electrons. The summed E-state index contributed by atoms with van der Waals surface area (Å²) >= 11 is 0. The van der Waals surface area contributed by atoms with Crippen LogP contribution in [0.25, 0.3) is 0 Å². The van der Waals surface area contributed by atoms with Crippen molar-refractivity contribution in [3.63, 3.8) is 0 Å². The number of hydrogen-bond donors (Lipinski definition) is 9. The Morgan fingerprint density at radius 1 is 0.714 bits per heavy atom. The summed E-state index contributed by atoms with van der Waals surface area (Å²) in [6.45, 7) is 17.0. The van der Waals surface area contributed by atoms with Crippen molar-refractivity contribution in [3.8, 4) is 0 Å². The van der Waals surface area contributed by atoms with Gasteiger partial charge in [0.25, 0.3) is 0 Å². The van der Waals surface area contributed by atoms with Crippen LogP contribution in [0.4, 0.5) is 0 Å². The topological polar surface area (TPSA) is 255 Å². The molecule has 0 bridgehead atoms. The Balaban J connectivity index is 1.04. The molecule has 7 fully saturated rings. The minimum absolute atomic E-state index is 0.0289. The van der Waals surface area contributed by atoms with Crippen molar-refractivity contribution in [2.45, 2.75) is 212 Å². The molecule has 0 aromatic heterocycles. The molecular formula is C47H76O16. The van der Waals surface area contributed by atoms with Gasteiger partial charge in [0.1, 0.15) is 61.0 Å². The highest BCUT2D eigenvalue weighted by atomic mass is 16.8. The number of carboxylic acids is 1. The van der Waals surface area contributed by atoms with Gasteiger partial charge in [0.05, 0.1) is 30.8 Å². The van der Waals surface area contributed by atoms with Crippen LogP contribution in [0.1, 0.15) is 120 Å². The maximum atomic E-state index is 13.1. The van der Waals surface area contributed by atoms with Crippen molar-refractivity contribution in [2.24, 2.45) is 50.2 Å². The van der Waals surface area contributed by atoms with Crippen LogP contribution < -0.4 is 0 Å². The van der Waals surface area contributed by atoms with Gasteiger partial charge < -0.3 is 74.4 Å². The van der Waals surface area contributed by atoms with E-state index in [0.717, 1.165) is 51.4 Å². The van der Waals surface area contributed by atoms with E-state index >= 15 is 0 Å². The van der Waals surface area contributed by atoms with Gasteiger partial charge in [-0.15, -0.1) is 0 Å². The molecule has 0 radical (unpaired) electrons. The third-order valence-corrected chi connectivity index (χ3v) is 19.0. The Kier molecular flexibility index (Phi) is 12.8. The molecule has 0 aromatic rings. The SMILES string of the molecule is C[C@@H]1O[C@@H](O[C@H]2[C@H](O[C@H]3CC[C@]4(C)[C@H]5CC=C6[C@H]7CC(C)(C)CC[C@]7(C(=O)O)CC[C@@]6(C)[C@]5(C)CC[C@H]4C3(C)C)OC[C@H](O[C@@H]3O[C@H](CO)[C@@H](O)[C@H](O)[C@H]3O)[C@@H]2O)[C@H](O)[C@H](O)[C@H]1O. The highest BCUT2D eigenvalue weighted by Gasteiger charge is 2.70. The van der Waals surface area contributed by atoms with E-state index in [9.17, 15) is 50.8 Å². The minimum atomic E-state index is -1.75. The molecule has 3 saturated heterocycles. The van der Waals surface area contributed by atoms with Crippen molar-refractivity contribution >= 4 is 5.97 Å². The molecule has 16 heteroatoms. The van der Waals surface area contributed by atoms with Gasteiger partial charge >= 0.3 is 5.97 Å². The van der Waals surface area contributed by atoms with E-state index in [2.05, 4.69) is 54.5 Å². The van der Waals surface area contributed by atoms with Crippen molar-refractivity contribution in [1.29, 1.82) is 0 Å². The second kappa shape index (κ2) is 16.7. The summed E-state index contributed by atoms with van der Waals surface area (Å²) in [6, 6.07) is 0. The first-order chi connectivity index (χ1) is 29.4. The lowest BCUT2D eigenvalue weighted by molar-refractivity contribution is -0.380. The summed E-state index contributed by atoms with van der Waals surface area (Å²) in [4.78, 5) is 13.1. The predicted octanol–water partition coefficient (Wildman–Crippen LogP) is 2.37. The second-order valence-electron chi connectivity index (χ2n) is 23.0. The Hall–Kier alpha value is -1.35. The van der Waals surface area contributed by atoms with Crippen LogP contribution in [0, 0.1) is 50.2 Å². The van der Waals surface area contributed by atoms with Crippen LogP contribution in [0.15, 0.2) is 11.6 Å². The van der Waals surface area contributed by atoms with E-state index < -0.39 is 109 Å². The second-order valence-corrected chi connectivity index (χ2v) is 23.0. The molecule has 0 aromatic carbocycles. The molecule has 8 aliphatic rings. The summed E-state index contributed by atoms with van der Waals surface area (Å²) in [5.74, 6) is -0.0288. The molecule has 63 heavy (non-hydrogen) atoms. The van der Waals surface area contributed by atoms with Crippen LogP contribution in [0.3, 0.4) is 0 Å². The van der Waals surface area contributed by atoms with Crippen LogP contribution in [0.5, 0.6) is 0 Å². The van der Waals surface area contributed by atoms with E-state index in [4.69, 9.17) is 28.4 Å². The molecule has 9 N–H and O–H groups in total. The smallest absolute Gasteiger partial charge is 0.310 e. The lowest BCUT2D eigenvalue weighted by atomic mass is 9.33. The third kappa shape index (κ3) is 7.51. The molecule has 4 saturated carbocycles. The number of aliphatic hydroxyl groups excluding tert-OH is 8. The molecule has 8 rings (SSSR count). The van der Waals surface area contributed by atoms with Gasteiger partial charge in [0, 0.05) is 0 Å². The first-order valence-electron chi connectivity index (χ1n) is 23.6. The van der Waals surface area contributed by atoms with Crippen molar-refractivity contribution in [2.75, 3.05) is 13.2 Å². The van der Waals surface area contributed by atoms with E-state index in [0.29, 0.717) is 18.8 Å². The summed E-state index contributed by atoms with van der Waals surface area (Å²) in [5, 5.41) is 96.0. The van der Waals surface area contributed by atoms with Gasteiger partial charge in [0.2, 0.25) is 0 Å². The Morgan fingerprint density at radius 3 is 2.03 bits per heavy atom. The molecule has 22 atom stereocenters. The van der Waals surface area contributed by atoms with Gasteiger partial charge in [0.15, 0.2) is 18.9 Å². The lowest BCUT2D eigenvalue weighted by Gasteiger charge is -2.71. The largest absolute Gasteiger partial charge is 0.481 e. The molecular weight excluding hydrogens is 821 g/mol. The highest BCUT2D eigenvalue weighted by molar-refractivity contribution is 5.76. The lowest BCUT2D eigenvalue weighted by Crippen LogP contribution is -2.66. The number of fused-ring (bicyclic) bond motifs is 7. The monoisotopic (exact) mass is 897 g/mol. The zero-order valence-corrected chi connectivity index (χ0v) is 38.3. The van der Waals surface area contributed by atoms with Crippen LogP contribution in [-0.2, 0) is 33.2 Å². The van der Waals surface area contributed by atoms with Gasteiger partial charge in [-0.1, -0.05) is 60.1 Å². The normalized spacial score (nSPS) is 54.1. The number of rotatable bonds is 8. The number of carboxylic acid groups (broad SMARTS) is 1. The Morgan fingerprint density at radius 2 is 1.37 bits per heavy atom. The number of allylic oxidation sites excluding steroid dienone is 2. The average molecular weight is 897 g/mol. The maximum Gasteiger partial charge on any atom is 0.310 e. The molecule has 0 amide bonds. The zero-order chi connectivity index (χ0) is 46.0. The molecule has 0 spiro atoms. The fourth-order valence-electron chi connectivity index (χ4n) is 14.8. The summed E-state index contributed by atoms with van der Waals surface area (Å²) in [6.07, 6.45) is -10.1. The molecule has 5 aliphatic carbocycles. The quantitative estimate of drug-likeness (QED) is 0.125. The number of ether oxygens (including phenoxy) is 6. The average Bonchev–Trinajstić information content (AvgIpc) is 3.22. The highest BCUT2D eigenvalue weighted by Crippen LogP contribution is 2.76. The van der Waals surface area contributed by atoms with Crippen LogP contribution in [-0.4, -0.2) is 157 Å². The van der Waals surface area contributed by atoms with Crippen LogP contribution >= 0.6 is 0 Å². The molecule has 3 aliphatic heterocycles. The minimum Gasteiger partial charge on any atom is -0.481 e. The van der Waals surface area contributed by atoms with Gasteiger partial charge in [-0.25, -0.2) is 0 Å². The van der Waals surface area contributed by atoms with E-state index in [1.807, 2.05) is 0 Å². The number of aliphatic carboxylic acids is 1. The standard InChI is InChI=1S/C47H76O16/c1-22-30(49)33(52)35(54)38(59-22)63-37-32(51)26(61-39-36(55)34(53)31(50)25(20-48)60-39)21-58-40(37)62-29-12-13-44(6)27(43(29,4)5)11-14-46(8)28(44)10-9-23-24-19-42(2,3)15-17-47(24,41(56)57)18-16-45(23,46)7/h9,22,24-40,48-55H,10-21H2,1-8H3,(H,56,57)/t22-,24+,25+,26-,27-,28+,29-,30-,31+,32-,33+,34-,35+,36+,37+,38-,39-,40-,44-,45+,46+,47-/m0/s1. The van der Waals surface area contributed by atoms with E-state index in [1.165, 1.54) is 12.5 Å². The fourth-order valence-corrected chi connectivity index (χ4v) is 14.8. The third-order valence-electron chi connectivity index (χ3n) is 19.0. The van der Waals surface area contributed by atoms with Gasteiger partial charge in [-0.05, 0) is 116 Å². The molecule has 3 heterocycles. The Bertz CT molecular complexity index is 1720. The molecule has 0 unspecified atom stereocenters. The first kappa shape index (κ1) is 48.1. The number of carbonyl (C=O) groups is 1. The number of aliphatic hydroxyl groups is 8.